The van der Waals surface area contributed by atoms with Crippen LogP contribution in [0.4, 0.5) is 0 Å². The van der Waals surface area contributed by atoms with Crippen LogP contribution in [-0.4, -0.2) is 5.78 Å². The molecule has 1 aromatic carbocycles. The first-order chi connectivity index (χ1) is 14.0. The van der Waals surface area contributed by atoms with Crippen molar-refractivity contribution in [3.63, 3.8) is 0 Å². The number of unbranched alkanes of at least 4 members (excludes halogenated alkanes) is 1. The van der Waals surface area contributed by atoms with Crippen molar-refractivity contribution in [2.45, 2.75) is 80.1 Å². The van der Waals surface area contributed by atoms with E-state index in [1.165, 1.54) is 24.8 Å². The first kappa shape index (κ1) is 22.8. The van der Waals surface area contributed by atoms with Gasteiger partial charge in [-0.25, -0.2) is 0 Å². The maximum Gasteiger partial charge on any atom is 0.185 e. The van der Waals surface area contributed by atoms with Crippen molar-refractivity contribution in [2.75, 3.05) is 0 Å². The molecule has 1 nitrogen and oxygen atoms in total. The standard InChI is InChI=1S/C29H40O/c1-8-9-13-21-16-17-23(22-14-11-10-12-15-22)29(18-21)19-24(27(2,3)4)26(30)25(20-29)28(5,6)7/h10-12,14-17,19-21,23H,8-9,13,18H2,1-7H3. The van der Waals surface area contributed by atoms with Crippen molar-refractivity contribution >= 4 is 5.78 Å². The van der Waals surface area contributed by atoms with Gasteiger partial charge in [-0.15, -0.1) is 0 Å². The van der Waals surface area contributed by atoms with Gasteiger partial charge in [-0.05, 0) is 35.2 Å². The summed E-state index contributed by atoms with van der Waals surface area (Å²) in [5, 5.41) is 0. The van der Waals surface area contributed by atoms with Gasteiger partial charge in [0.2, 0.25) is 0 Å². The molecule has 3 rings (SSSR count). The van der Waals surface area contributed by atoms with Gasteiger partial charge < -0.3 is 0 Å². The molecule has 0 saturated carbocycles. The minimum absolute atomic E-state index is 0.145. The molecular weight excluding hydrogens is 364 g/mol. The molecule has 1 aromatic rings. The summed E-state index contributed by atoms with van der Waals surface area (Å²) in [7, 11) is 0. The van der Waals surface area contributed by atoms with Gasteiger partial charge >= 0.3 is 0 Å². The van der Waals surface area contributed by atoms with Gasteiger partial charge in [0, 0.05) is 22.5 Å². The Hall–Kier alpha value is -1.89. The number of ketones is 1. The van der Waals surface area contributed by atoms with Crippen molar-refractivity contribution in [3.05, 3.63) is 71.3 Å². The number of rotatable bonds is 4. The summed E-state index contributed by atoms with van der Waals surface area (Å²) in [4.78, 5) is 13.6. The fraction of sp³-hybridized carbons (Fsp3) is 0.552. The highest BCUT2D eigenvalue weighted by Crippen LogP contribution is 2.55. The van der Waals surface area contributed by atoms with Crippen molar-refractivity contribution in [1.82, 2.24) is 0 Å². The molecule has 162 valence electrons. The third-order valence-electron chi connectivity index (χ3n) is 6.79. The third-order valence-corrected chi connectivity index (χ3v) is 6.79. The molecule has 2 aliphatic rings. The van der Waals surface area contributed by atoms with Crippen LogP contribution in [-0.2, 0) is 4.79 Å². The van der Waals surface area contributed by atoms with Crippen molar-refractivity contribution < 1.29 is 4.79 Å². The molecule has 0 N–H and O–H groups in total. The summed E-state index contributed by atoms with van der Waals surface area (Å²) in [5.74, 6) is 1.07. The van der Waals surface area contributed by atoms with E-state index in [-0.39, 0.29) is 27.9 Å². The van der Waals surface area contributed by atoms with E-state index < -0.39 is 0 Å². The van der Waals surface area contributed by atoms with Crippen LogP contribution in [0.15, 0.2) is 65.8 Å². The van der Waals surface area contributed by atoms with Crippen LogP contribution in [0.2, 0.25) is 0 Å². The Morgan fingerprint density at radius 1 is 0.900 bits per heavy atom. The van der Waals surface area contributed by atoms with Gasteiger partial charge in [-0.2, -0.15) is 0 Å². The summed E-state index contributed by atoms with van der Waals surface area (Å²) < 4.78 is 0. The van der Waals surface area contributed by atoms with E-state index in [4.69, 9.17) is 0 Å². The van der Waals surface area contributed by atoms with E-state index in [1.807, 2.05) is 0 Å². The highest BCUT2D eigenvalue weighted by atomic mass is 16.1. The Kier molecular flexibility index (Phi) is 6.33. The van der Waals surface area contributed by atoms with Gasteiger partial charge in [0.25, 0.3) is 0 Å². The SMILES string of the molecule is CCCCC1C=CC(c2ccccc2)C2(C=C(C(C)(C)C)C(=O)C(C(C)(C)C)=C2)C1. The Balaban J connectivity index is 2.22. The number of carbonyl (C=O) groups is 1. The van der Waals surface area contributed by atoms with Gasteiger partial charge in [0.15, 0.2) is 5.78 Å². The molecule has 2 unspecified atom stereocenters. The average molecular weight is 405 g/mol. The zero-order chi connectivity index (χ0) is 22.2. The molecule has 1 spiro atoms. The molecule has 2 atom stereocenters. The van der Waals surface area contributed by atoms with E-state index in [2.05, 4.69) is 103 Å². The van der Waals surface area contributed by atoms with Gasteiger partial charge in [-0.3, -0.25) is 4.79 Å². The normalized spacial score (nSPS) is 24.0. The third kappa shape index (κ3) is 4.56. The van der Waals surface area contributed by atoms with Gasteiger partial charge in [0.1, 0.15) is 0 Å². The second kappa shape index (κ2) is 8.33. The number of benzene rings is 1. The zero-order valence-corrected chi connectivity index (χ0v) is 20.1. The molecule has 0 saturated heterocycles. The summed E-state index contributed by atoms with van der Waals surface area (Å²) >= 11 is 0. The second-order valence-electron chi connectivity index (χ2n) is 11.4. The highest BCUT2D eigenvalue weighted by Gasteiger charge is 2.46. The van der Waals surface area contributed by atoms with E-state index in [9.17, 15) is 4.79 Å². The topological polar surface area (TPSA) is 17.1 Å². The quantitative estimate of drug-likeness (QED) is 0.464. The van der Waals surface area contributed by atoms with Crippen LogP contribution in [0, 0.1) is 22.2 Å². The highest BCUT2D eigenvalue weighted by molar-refractivity contribution is 6.11. The van der Waals surface area contributed by atoms with Crippen LogP contribution in [0.5, 0.6) is 0 Å². The lowest BCUT2D eigenvalue weighted by Crippen LogP contribution is -2.38. The van der Waals surface area contributed by atoms with Crippen LogP contribution >= 0.6 is 0 Å². The van der Waals surface area contributed by atoms with E-state index >= 15 is 0 Å². The molecule has 0 heterocycles. The largest absolute Gasteiger partial charge is 0.289 e. The molecule has 0 aromatic heterocycles. The number of Topliss-reactive ketones (excluding diaryl/α,β-unsaturated/α-hetero) is 1. The first-order valence-corrected chi connectivity index (χ1v) is 11.7. The Morgan fingerprint density at radius 3 is 1.97 bits per heavy atom. The molecule has 0 amide bonds. The zero-order valence-electron chi connectivity index (χ0n) is 20.1. The second-order valence-corrected chi connectivity index (χ2v) is 11.4. The minimum atomic E-state index is -0.170. The molecule has 1 heteroatoms. The van der Waals surface area contributed by atoms with Crippen molar-refractivity contribution in [3.8, 4) is 0 Å². The monoisotopic (exact) mass is 404 g/mol. The Labute approximate surface area is 184 Å². The van der Waals surface area contributed by atoms with Gasteiger partial charge in [0.05, 0.1) is 0 Å². The number of hydrogen-bond donors (Lipinski definition) is 0. The number of carbonyl (C=O) groups excluding carboxylic acids is 1. The van der Waals surface area contributed by atoms with Crippen LogP contribution in [0.25, 0.3) is 0 Å². The van der Waals surface area contributed by atoms with Gasteiger partial charge in [-0.1, -0.05) is 116 Å². The maximum atomic E-state index is 13.6. The first-order valence-electron chi connectivity index (χ1n) is 11.7. The lowest BCUT2D eigenvalue weighted by Gasteiger charge is -2.46. The summed E-state index contributed by atoms with van der Waals surface area (Å²) in [6, 6.07) is 10.8. The van der Waals surface area contributed by atoms with Crippen LogP contribution < -0.4 is 0 Å². The summed E-state index contributed by atoms with van der Waals surface area (Å²) in [5.41, 5.74) is 2.83. The molecule has 0 fully saturated rings. The summed E-state index contributed by atoms with van der Waals surface area (Å²) in [6.07, 6.45) is 14.4. The van der Waals surface area contributed by atoms with E-state index in [0.29, 0.717) is 5.92 Å². The van der Waals surface area contributed by atoms with E-state index in [1.54, 1.807) is 0 Å². The lowest BCUT2D eigenvalue weighted by molar-refractivity contribution is -0.114. The number of hydrogen-bond acceptors (Lipinski definition) is 1. The van der Waals surface area contributed by atoms with Crippen molar-refractivity contribution in [1.29, 1.82) is 0 Å². The predicted molar refractivity (Wildman–Crippen MR) is 128 cm³/mol. The van der Waals surface area contributed by atoms with Crippen molar-refractivity contribution in [2.24, 2.45) is 22.2 Å². The molecule has 2 aliphatic carbocycles. The fourth-order valence-electron chi connectivity index (χ4n) is 5.11. The molecule has 0 aliphatic heterocycles. The van der Waals surface area contributed by atoms with Crippen LogP contribution in [0.1, 0.15) is 85.6 Å². The lowest BCUT2D eigenvalue weighted by atomic mass is 9.57. The van der Waals surface area contributed by atoms with Crippen LogP contribution in [0.3, 0.4) is 0 Å². The summed E-state index contributed by atoms with van der Waals surface area (Å²) in [6.45, 7) is 15.4. The Bertz CT molecular complexity index is 818. The Morgan fingerprint density at radius 2 is 1.47 bits per heavy atom. The smallest absolute Gasteiger partial charge is 0.185 e. The molecular formula is C29H40O. The fourth-order valence-corrected chi connectivity index (χ4v) is 5.11. The molecule has 0 radical (unpaired) electrons. The number of allylic oxidation sites excluding steroid dienone is 6. The molecule has 0 bridgehead atoms. The minimum Gasteiger partial charge on any atom is -0.289 e. The average Bonchev–Trinajstić information content (AvgIpc) is 2.67. The molecule has 30 heavy (non-hydrogen) atoms. The maximum absolute atomic E-state index is 13.6. The van der Waals surface area contributed by atoms with E-state index in [0.717, 1.165) is 17.6 Å². The predicted octanol–water partition coefficient (Wildman–Crippen LogP) is 8.05.